The van der Waals surface area contributed by atoms with Gasteiger partial charge in [-0.2, -0.15) is 0 Å². The average Bonchev–Trinajstić information content (AvgIpc) is 2.80. The van der Waals surface area contributed by atoms with Gasteiger partial charge in [0.15, 0.2) is 15.4 Å². The number of hydrogen-bond donors (Lipinski definition) is 2. The molecule has 23 heavy (non-hydrogen) atoms. The number of carbonyl (C=O) groups excluding carboxylic acids is 3. The first-order valence-corrected chi connectivity index (χ1v) is 8.58. The number of thioether (sulfide) groups is 1. The average molecular weight is 360 g/mol. The van der Waals surface area contributed by atoms with E-state index in [-0.39, 0.29) is 23.1 Å². The largest absolute Gasteiger partial charge is 0.465 e. The van der Waals surface area contributed by atoms with Crippen LogP contribution in [0.1, 0.15) is 34.6 Å². The molecule has 2 N–H and O–H groups in total. The van der Waals surface area contributed by atoms with Crippen LogP contribution in [0.4, 0.5) is 9.93 Å². The number of carbonyl (C=O) groups is 3. The van der Waals surface area contributed by atoms with Gasteiger partial charge in [-0.05, 0) is 34.6 Å². The Balaban J connectivity index is 2.69. The highest BCUT2D eigenvalue weighted by Crippen LogP contribution is 2.30. The summed E-state index contributed by atoms with van der Waals surface area (Å²) >= 11 is 2.03. The fourth-order valence-corrected chi connectivity index (χ4v) is 3.20. The van der Waals surface area contributed by atoms with Crippen molar-refractivity contribution < 1.29 is 19.1 Å². The van der Waals surface area contributed by atoms with Crippen LogP contribution in [0.25, 0.3) is 0 Å². The number of rotatable bonds is 6. The third-order valence-electron chi connectivity index (χ3n) is 2.20. The minimum atomic E-state index is -0.987. The number of nitrogens with zero attached hydrogens (tertiary/aromatic N) is 2. The molecule has 0 aromatic carbocycles. The van der Waals surface area contributed by atoms with Crippen molar-refractivity contribution in [2.45, 2.75) is 49.7 Å². The summed E-state index contributed by atoms with van der Waals surface area (Å²) in [6.07, 6.45) is 0. The molecule has 0 saturated heterocycles. The molecule has 2 amide bonds. The maximum absolute atomic E-state index is 11.7. The molecule has 0 aliphatic heterocycles. The van der Waals surface area contributed by atoms with Gasteiger partial charge in [0.2, 0.25) is 5.13 Å². The van der Waals surface area contributed by atoms with Gasteiger partial charge in [-0.1, -0.05) is 23.1 Å². The van der Waals surface area contributed by atoms with Crippen molar-refractivity contribution >= 4 is 46.0 Å². The molecule has 0 unspecified atom stereocenters. The van der Waals surface area contributed by atoms with Crippen LogP contribution < -0.4 is 10.6 Å². The fraction of sp³-hybridized carbons (Fsp3) is 0.615. The zero-order valence-electron chi connectivity index (χ0n) is 13.6. The van der Waals surface area contributed by atoms with Crippen molar-refractivity contribution in [2.75, 3.05) is 11.9 Å². The third-order valence-corrected chi connectivity index (χ3v) is 4.42. The highest BCUT2D eigenvalue weighted by atomic mass is 32.2. The van der Waals surface area contributed by atoms with Crippen LogP contribution in [0.15, 0.2) is 4.34 Å². The highest BCUT2D eigenvalue weighted by Gasteiger charge is 2.28. The summed E-state index contributed by atoms with van der Waals surface area (Å²) in [5.41, 5.74) is -0.379. The van der Waals surface area contributed by atoms with Gasteiger partial charge in [-0.3, -0.25) is 14.9 Å². The third kappa shape index (κ3) is 6.95. The highest BCUT2D eigenvalue weighted by molar-refractivity contribution is 8.03. The number of anilines is 1. The van der Waals surface area contributed by atoms with E-state index in [0.29, 0.717) is 4.34 Å². The van der Waals surface area contributed by atoms with Gasteiger partial charge in [-0.15, -0.1) is 10.2 Å². The van der Waals surface area contributed by atoms with E-state index in [9.17, 15) is 14.4 Å². The van der Waals surface area contributed by atoms with E-state index in [4.69, 9.17) is 4.74 Å². The Morgan fingerprint density at radius 1 is 1.30 bits per heavy atom. The number of hydrogen-bond acceptors (Lipinski definition) is 8. The second-order valence-electron chi connectivity index (χ2n) is 5.56. The molecule has 0 saturated carbocycles. The molecule has 1 aromatic heterocycles. The Kier molecular flexibility index (Phi) is 6.95. The molecular weight excluding hydrogens is 340 g/mol. The van der Waals surface area contributed by atoms with E-state index in [1.807, 2.05) is 20.8 Å². The molecule has 1 atom stereocenters. The van der Waals surface area contributed by atoms with Crippen LogP contribution in [0, 0.1) is 0 Å². The van der Waals surface area contributed by atoms with Crippen LogP contribution in [-0.2, 0) is 14.3 Å². The lowest BCUT2D eigenvalue weighted by atomic mass is 10.1. The van der Waals surface area contributed by atoms with Gasteiger partial charge in [0.1, 0.15) is 0 Å². The number of esters is 1. The normalized spacial score (nSPS) is 12.4. The quantitative estimate of drug-likeness (QED) is 0.346. The van der Waals surface area contributed by atoms with Crippen LogP contribution in [-0.4, -0.2) is 45.4 Å². The lowest BCUT2D eigenvalue weighted by Gasteiger charge is -2.19. The van der Waals surface area contributed by atoms with Gasteiger partial charge in [0.05, 0.1) is 6.61 Å². The molecule has 0 spiro atoms. The monoisotopic (exact) mass is 360 g/mol. The minimum absolute atomic E-state index is 0.194. The number of aromatic nitrogens is 2. The number of ether oxygens (including phenoxy) is 1. The maximum atomic E-state index is 11.7. The summed E-state index contributed by atoms with van der Waals surface area (Å²) in [5.74, 6) is -0.941. The minimum Gasteiger partial charge on any atom is -0.465 e. The van der Waals surface area contributed by atoms with Gasteiger partial charge in [0.25, 0.3) is 0 Å². The fourth-order valence-electron chi connectivity index (χ4n) is 1.39. The predicted molar refractivity (Wildman–Crippen MR) is 88.8 cm³/mol. The van der Waals surface area contributed by atoms with Crippen LogP contribution >= 0.6 is 23.1 Å². The summed E-state index contributed by atoms with van der Waals surface area (Å²) in [6, 6.07) is -0.404. The van der Waals surface area contributed by atoms with E-state index >= 15 is 0 Å². The molecule has 0 aliphatic carbocycles. The van der Waals surface area contributed by atoms with Crippen molar-refractivity contribution in [3.63, 3.8) is 0 Å². The van der Waals surface area contributed by atoms with E-state index in [1.54, 1.807) is 6.92 Å². The SMILES string of the molecule is CCOC(=O)[C@@H](Sc1nnc(NC(=O)NC(C)(C)C)s1)C(C)=O. The Bertz CT molecular complexity index is 583. The molecule has 0 fully saturated rings. The number of ketones is 1. The van der Waals surface area contributed by atoms with E-state index in [1.165, 1.54) is 6.92 Å². The molecule has 0 bridgehead atoms. The Morgan fingerprint density at radius 3 is 2.48 bits per heavy atom. The van der Waals surface area contributed by atoms with Crippen LogP contribution in [0.2, 0.25) is 0 Å². The molecule has 1 rings (SSSR count). The van der Waals surface area contributed by atoms with Crippen molar-refractivity contribution in [1.82, 2.24) is 15.5 Å². The zero-order chi connectivity index (χ0) is 17.6. The molecular formula is C13H20N4O4S2. The van der Waals surface area contributed by atoms with E-state index < -0.39 is 17.3 Å². The topological polar surface area (TPSA) is 110 Å². The van der Waals surface area contributed by atoms with Gasteiger partial charge >= 0.3 is 12.0 Å². The second kappa shape index (κ2) is 8.25. The second-order valence-corrected chi connectivity index (χ2v) is 7.89. The van der Waals surface area contributed by atoms with Crippen molar-refractivity contribution in [2.24, 2.45) is 0 Å². The van der Waals surface area contributed by atoms with E-state index in [2.05, 4.69) is 20.8 Å². The first-order valence-electron chi connectivity index (χ1n) is 6.88. The van der Waals surface area contributed by atoms with Gasteiger partial charge in [0, 0.05) is 5.54 Å². The number of amides is 2. The van der Waals surface area contributed by atoms with Crippen molar-refractivity contribution in [3.05, 3.63) is 0 Å². The summed E-state index contributed by atoms with van der Waals surface area (Å²) in [5, 5.41) is 12.2. The molecule has 0 aliphatic rings. The standard InChI is InChI=1S/C13H20N4O4S2/c1-6-21-9(19)8(7(2)18)22-12-17-16-11(23-12)14-10(20)15-13(3,4)5/h8H,6H2,1-5H3,(H2,14,15,16,20)/t8-/m0/s1. The van der Waals surface area contributed by atoms with Crippen LogP contribution in [0.3, 0.4) is 0 Å². The van der Waals surface area contributed by atoms with E-state index in [0.717, 1.165) is 23.1 Å². The molecule has 128 valence electrons. The molecule has 10 heteroatoms. The maximum Gasteiger partial charge on any atom is 0.327 e. The molecule has 1 aromatic rings. The van der Waals surface area contributed by atoms with Gasteiger partial charge < -0.3 is 10.1 Å². The molecule has 1 heterocycles. The Morgan fingerprint density at radius 2 is 1.96 bits per heavy atom. The molecule has 8 nitrogen and oxygen atoms in total. The Labute approximate surface area is 142 Å². The Hall–Kier alpha value is -1.68. The zero-order valence-corrected chi connectivity index (χ0v) is 15.3. The summed E-state index contributed by atoms with van der Waals surface area (Å²) < 4.78 is 5.25. The first-order chi connectivity index (χ1) is 10.6. The first kappa shape index (κ1) is 19.4. The number of Topliss-reactive ketones (excluding diaryl/α,β-unsaturated/α-hetero) is 1. The predicted octanol–water partition coefficient (Wildman–Crippen LogP) is 2.07. The lowest BCUT2D eigenvalue weighted by molar-refractivity contribution is -0.144. The summed E-state index contributed by atoms with van der Waals surface area (Å²) in [4.78, 5) is 35.0. The number of urea groups is 1. The lowest BCUT2D eigenvalue weighted by Crippen LogP contribution is -2.43. The smallest absolute Gasteiger partial charge is 0.327 e. The molecule has 0 radical (unpaired) electrons. The summed E-state index contributed by atoms with van der Waals surface area (Å²) in [6.45, 7) is 8.73. The van der Waals surface area contributed by atoms with Crippen LogP contribution in [0.5, 0.6) is 0 Å². The summed E-state index contributed by atoms with van der Waals surface area (Å²) in [7, 11) is 0. The van der Waals surface area contributed by atoms with Crippen molar-refractivity contribution in [3.8, 4) is 0 Å². The number of nitrogens with one attached hydrogen (secondary N) is 2. The van der Waals surface area contributed by atoms with Gasteiger partial charge in [-0.25, -0.2) is 4.79 Å². The van der Waals surface area contributed by atoms with Crippen molar-refractivity contribution in [1.29, 1.82) is 0 Å².